The maximum atomic E-state index is 12.4. The number of unbranched alkanes of at least 4 members (excludes halogenated alkanes) is 16. The first-order valence-corrected chi connectivity index (χ1v) is 23.6. The van der Waals surface area contributed by atoms with Crippen molar-refractivity contribution in [1.82, 2.24) is 26.6 Å². The van der Waals surface area contributed by atoms with E-state index in [1.54, 1.807) is 13.8 Å². The molecule has 0 bridgehead atoms. The predicted octanol–water partition coefficient (Wildman–Crippen LogP) is 4.42. The monoisotopic (exact) mass is 883 g/mol. The van der Waals surface area contributed by atoms with E-state index >= 15 is 0 Å². The molecule has 17 heteroatoms. The average molecular weight is 883 g/mol. The van der Waals surface area contributed by atoms with Crippen LogP contribution in [0.3, 0.4) is 0 Å². The van der Waals surface area contributed by atoms with E-state index in [9.17, 15) is 38.7 Å². The maximum absolute atomic E-state index is 12.4. The number of carbonyl (C=O) groups is 7. The fraction of sp³-hybridized carbons (Fsp3) is 0.844. The van der Waals surface area contributed by atoms with Crippen molar-refractivity contribution >= 4 is 41.5 Å². The second-order valence-corrected chi connectivity index (χ2v) is 17.6. The minimum Gasteiger partial charge on any atom is -0.481 e. The second-order valence-electron chi connectivity index (χ2n) is 17.6. The lowest BCUT2D eigenvalue weighted by molar-refractivity contribution is -0.142. The summed E-state index contributed by atoms with van der Waals surface area (Å²) >= 11 is 0. The van der Waals surface area contributed by atoms with Gasteiger partial charge in [0.2, 0.25) is 29.5 Å². The van der Waals surface area contributed by atoms with Gasteiger partial charge in [-0.25, -0.2) is 4.79 Å². The molecule has 0 fully saturated rings. The number of carboxylic acids is 2. The van der Waals surface area contributed by atoms with E-state index in [0.29, 0.717) is 64.6 Å². The summed E-state index contributed by atoms with van der Waals surface area (Å²) in [6.07, 6.45) is 21.3. The number of nitrogens with two attached hydrogens (primary N) is 3. The molecule has 0 saturated carbocycles. The summed E-state index contributed by atoms with van der Waals surface area (Å²) in [5.41, 5.74) is 16.9. The molecular formula is C45H86N8O9. The summed E-state index contributed by atoms with van der Waals surface area (Å²) in [7, 11) is 0. The molecule has 0 aromatic rings. The molecule has 360 valence electrons. The quantitative estimate of drug-likeness (QED) is 0.0382. The first-order valence-electron chi connectivity index (χ1n) is 23.6. The molecule has 62 heavy (non-hydrogen) atoms. The first kappa shape index (κ1) is 58.2. The Balaban J connectivity index is 3.89. The van der Waals surface area contributed by atoms with E-state index < -0.39 is 35.6 Å². The van der Waals surface area contributed by atoms with Gasteiger partial charge in [-0.15, -0.1) is 0 Å². The molecule has 0 aromatic carbocycles. The predicted molar refractivity (Wildman–Crippen MR) is 243 cm³/mol. The van der Waals surface area contributed by atoms with Gasteiger partial charge in [0.1, 0.15) is 6.04 Å². The van der Waals surface area contributed by atoms with Crippen LogP contribution in [0.25, 0.3) is 0 Å². The molecule has 3 unspecified atom stereocenters. The van der Waals surface area contributed by atoms with Crippen molar-refractivity contribution in [3.05, 3.63) is 0 Å². The molecule has 4 atom stereocenters. The topological polar surface area (TPSA) is 298 Å². The van der Waals surface area contributed by atoms with Gasteiger partial charge in [-0.2, -0.15) is 0 Å². The molecule has 0 aliphatic rings. The zero-order valence-electron chi connectivity index (χ0n) is 38.5. The third kappa shape index (κ3) is 34.7. The van der Waals surface area contributed by atoms with Crippen LogP contribution in [0.1, 0.15) is 194 Å². The molecule has 5 amide bonds. The highest BCUT2D eigenvalue weighted by atomic mass is 16.4. The van der Waals surface area contributed by atoms with E-state index in [1.165, 1.54) is 44.9 Å². The number of hydrogen-bond acceptors (Lipinski definition) is 10. The molecule has 13 N–H and O–H groups in total. The standard InChI is InChI=1S/C45H86N8O9/c1-34(52-44(62)45(2,3)48)24-18-21-32-50-41(58)36(47)26-20-23-33-51-42(59)35(46)25-19-22-31-49-38(54)30-29-37(43(60)61)53-39(55)27-16-14-12-10-8-6-4-5-7-9-11-13-15-17-28-40(56)57/h34-37H,4-33,46-48H2,1-3H3,(H,49,54)(H,50,58)(H,51,59)(H,52,62)(H,53,55)(H,56,57)(H,60,61)/t34?,35-,36?,37?/m0/s1. The van der Waals surface area contributed by atoms with E-state index in [4.69, 9.17) is 22.3 Å². The van der Waals surface area contributed by atoms with Gasteiger partial charge in [0.25, 0.3) is 0 Å². The zero-order chi connectivity index (χ0) is 46.6. The van der Waals surface area contributed by atoms with Gasteiger partial charge < -0.3 is 54.0 Å². The third-order valence-corrected chi connectivity index (χ3v) is 10.8. The molecule has 0 spiro atoms. The molecular weight excluding hydrogens is 797 g/mol. The molecule has 17 nitrogen and oxygen atoms in total. The Morgan fingerprint density at radius 3 is 1.31 bits per heavy atom. The van der Waals surface area contributed by atoms with Crippen LogP contribution in [-0.2, 0) is 33.6 Å². The first-order chi connectivity index (χ1) is 29.4. The van der Waals surface area contributed by atoms with Crippen molar-refractivity contribution < 1.29 is 43.8 Å². The van der Waals surface area contributed by atoms with Crippen LogP contribution >= 0.6 is 0 Å². The van der Waals surface area contributed by atoms with Crippen LogP contribution in [-0.4, -0.2) is 101 Å². The van der Waals surface area contributed by atoms with Crippen LogP contribution in [0.5, 0.6) is 0 Å². The summed E-state index contributed by atoms with van der Waals surface area (Å²) in [4.78, 5) is 83.6. The van der Waals surface area contributed by atoms with Crippen molar-refractivity contribution in [2.45, 2.75) is 224 Å². The number of rotatable bonds is 41. The van der Waals surface area contributed by atoms with Gasteiger partial charge in [0, 0.05) is 44.9 Å². The third-order valence-electron chi connectivity index (χ3n) is 10.8. The summed E-state index contributed by atoms with van der Waals surface area (Å²) in [6, 6.07) is -2.48. The average Bonchev–Trinajstić information content (AvgIpc) is 3.20. The van der Waals surface area contributed by atoms with Crippen molar-refractivity contribution in [3.8, 4) is 0 Å². The Morgan fingerprint density at radius 1 is 0.484 bits per heavy atom. The van der Waals surface area contributed by atoms with Crippen molar-refractivity contribution in [2.24, 2.45) is 17.2 Å². The molecule has 0 radical (unpaired) electrons. The Labute approximate surface area is 371 Å². The number of carboxylic acid groups (broad SMARTS) is 2. The number of aliphatic carboxylic acids is 2. The Kier molecular flexibility index (Phi) is 34.4. The van der Waals surface area contributed by atoms with Crippen molar-refractivity contribution in [2.75, 3.05) is 19.6 Å². The molecule has 0 saturated heterocycles. The molecule has 0 aliphatic carbocycles. The lowest BCUT2D eigenvalue weighted by atomic mass is 10.0. The van der Waals surface area contributed by atoms with Gasteiger partial charge >= 0.3 is 11.9 Å². The van der Waals surface area contributed by atoms with Gasteiger partial charge in [0.05, 0.1) is 17.6 Å². The van der Waals surface area contributed by atoms with Gasteiger partial charge in [-0.3, -0.25) is 28.8 Å². The smallest absolute Gasteiger partial charge is 0.326 e. The zero-order valence-corrected chi connectivity index (χ0v) is 38.5. The highest BCUT2D eigenvalue weighted by Gasteiger charge is 2.23. The van der Waals surface area contributed by atoms with Crippen LogP contribution in [0, 0.1) is 0 Å². The lowest BCUT2D eigenvalue weighted by Crippen LogP contribution is -2.51. The van der Waals surface area contributed by atoms with Crippen molar-refractivity contribution in [3.63, 3.8) is 0 Å². The summed E-state index contributed by atoms with van der Waals surface area (Å²) < 4.78 is 0. The minimum atomic E-state index is -1.17. The van der Waals surface area contributed by atoms with Crippen LogP contribution in [0.2, 0.25) is 0 Å². The summed E-state index contributed by atoms with van der Waals surface area (Å²) in [5, 5.41) is 32.1. The van der Waals surface area contributed by atoms with Gasteiger partial charge in [-0.1, -0.05) is 77.0 Å². The van der Waals surface area contributed by atoms with Crippen molar-refractivity contribution in [1.29, 1.82) is 0 Å². The molecule has 0 aliphatic heterocycles. The largest absolute Gasteiger partial charge is 0.481 e. The SMILES string of the molecule is CC(CCCCNC(=O)C(N)CCCCNC(=O)[C@@H](N)CCCCNC(=O)CCC(NC(=O)CCCCCCCCCCCCCCCCC(=O)O)C(=O)O)NC(=O)C(C)(C)N. The molecule has 0 aromatic heterocycles. The van der Waals surface area contributed by atoms with Gasteiger partial charge in [0.15, 0.2) is 0 Å². The van der Waals surface area contributed by atoms with Crippen LogP contribution in [0.15, 0.2) is 0 Å². The molecule has 0 rings (SSSR count). The summed E-state index contributed by atoms with van der Waals surface area (Å²) in [6.45, 7) is 6.50. The number of carbonyl (C=O) groups excluding carboxylic acids is 5. The Hall–Kier alpha value is -3.83. The van der Waals surface area contributed by atoms with E-state index in [0.717, 1.165) is 57.8 Å². The van der Waals surface area contributed by atoms with E-state index in [-0.39, 0.29) is 61.3 Å². The second kappa shape index (κ2) is 36.6. The Morgan fingerprint density at radius 2 is 0.887 bits per heavy atom. The van der Waals surface area contributed by atoms with Gasteiger partial charge in [-0.05, 0) is 97.8 Å². The molecule has 0 heterocycles. The lowest BCUT2D eigenvalue weighted by Gasteiger charge is -2.21. The maximum Gasteiger partial charge on any atom is 0.326 e. The van der Waals surface area contributed by atoms with E-state index in [1.807, 2.05) is 6.92 Å². The number of amides is 5. The van der Waals surface area contributed by atoms with E-state index in [2.05, 4.69) is 26.6 Å². The van der Waals surface area contributed by atoms with Crippen LogP contribution < -0.4 is 43.8 Å². The summed E-state index contributed by atoms with van der Waals surface area (Å²) in [5.74, 6) is -3.21. The number of nitrogens with one attached hydrogen (secondary N) is 5. The van der Waals surface area contributed by atoms with Crippen LogP contribution in [0.4, 0.5) is 0 Å². The Bertz CT molecular complexity index is 1280. The number of hydrogen-bond donors (Lipinski definition) is 10. The minimum absolute atomic E-state index is 0.0113. The highest BCUT2D eigenvalue weighted by Crippen LogP contribution is 2.14. The fourth-order valence-electron chi connectivity index (χ4n) is 6.78. The fourth-order valence-corrected chi connectivity index (χ4v) is 6.78. The normalized spacial score (nSPS) is 13.3. The highest BCUT2D eigenvalue weighted by molar-refractivity contribution is 5.85.